The summed E-state index contributed by atoms with van der Waals surface area (Å²) in [4.78, 5) is 14.6. The molecular weight excluding hydrogens is 398 g/mol. The van der Waals surface area contributed by atoms with E-state index in [4.69, 9.17) is 23.2 Å². The number of hydrogen-bond acceptors (Lipinski definition) is 2. The highest BCUT2D eigenvalue weighted by Crippen LogP contribution is 2.24. The van der Waals surface area contributed by atoms with Gasteiger partial charge in [-0.05, 0) is 68.6 Å². The molecule has 2 aromatic rings. The molecule has 1 fully saturated rings. The molecule has 3 nitrogen and oxygen atoms in total. The first kappa shape index (κ1) is 21.1. The first-order valence-corrected chi connectivity index (χ1v) is 10.5. The zero-order valence-corrected chi connectivity index (χ0v) is 17.3. The monoisotopic (exact) mass is 422 g/mol. The van der Waals surface area contributed by atoms with Crippen molar-refractivity contribution < 1.29 is 9.18 Å². The average molecular weight is 423 g/mol. The Morgan fingerprint density at radius 1 is 1.11 bits per heavy atom. The van der Waals surface area contributed by atoms with Gasteiger partial charge in [-0.3, -0.25) is 9.69 Å². The third-order valence-electron chi connectivity index (χ3n) is 5.26. The fraction of sp³-hybridized carbons (Fsp3) is 0.409. The number of carbonyl (C=O) groups excluding carboxylic acids is 1. The Hall–Kier alpha value is -1.62. The topological polar surface area (TPSA) is 32.3 Å². The van der Waals surface area contributed by atoms with Gasteiger partial charge in [0.2, 0.25) is 5.91 Å². The summed E-state index contributed by atoms with van der Waals surface area (Å²) < 4.78 is 13.9. The van der Waals surface area contributed by atoms with E-state index in [-0.39, 0.29) is 17.6 Å². The van der Waals surface area contributed by atoms with E-state index in [9.17, 15) is 9.18 Å². The Labute approximate surface area is 175 Å². The van der Waals surface area contributed by atoms with Crippen LogP contribution in [0.4, 0.5) is 4.39 Å². The van der Waals surface area contributed by atoms with Crippen LogP contribution in [0.25, 0.3) is 0 Å². The second-order valence-electron chi connectivity index (χ2n) is 7.27. The minimum atomic E-state index is -0.270. The number of nitrogens with zero attached hydrogens (tertiary/aromatic N) is 1. The smallest absolute Gasteiger partial charge is 0.223 e. The van der Waals surface area contributed by atoms with Gasteiger partial charge in [0.15, 0.2) is 0 Å². The van der Waals surface area contributed by atoms with Gasteiger partial charge in [0.25, 0.3) is 0 Å². The van der Waals surface area contributed by atoms with Crippen LogP contribution in [0, 0.1) is 11.7 Å². The molecule has 2 aromatic carbocycles. The zero-order valence-electron chi connectivity index (χ0n) is 15.8. The Bertz CT molecular complexity index is 769. The maximum absolute atomic E-state index is 13.9. The van der Waals surface area contributed by atoms with E-state index in [1.54, 1.807) is 12.1 Å². The van der Waals surface area contributed by atoms with Gasteiger partial charge in [0.1, 0.15) is 5.82 Å². The third kappa shape index (κ3) is 5.94. The summed E-state index contributed by atoms with van der Waals surface area (Å²) >= 11 is 12.0. The molecule has 0 aromatic heterocycles. The van der Waals surface area contributed by atoms with Gasteiger partial charge in [-0.15, -0.1) is 0 Å². The van der Waals surface area contributed by atoms with Crippen LogP contribution in [0.3, 0.4) is 0 Å². The van der Waals surface area contributed by atoms with Crippen molar-refractivity contribution in [1.82, 2.24) is 10.2 Å². The first-order chi connectivity index (χ1) is 13.5. The fourth-order valence-corrected chi connectivity index (χ4v) is 3.91. The quantitative estimate of drug-likeness (QED) is 0.629. The molecule has 6 heteroatoms. The maximum Gasteiger partial charge on any atom is 0.223 e. The number of carbonyl (C=O) groups is 1. The first-order valence-electron chi connectivity index (χ1n) is 9.70. The lowest BCUT2D eigenvalue weighted by Gasteiger charge is -2.31. The molecule has 150 valence electrons. The predicted molar refractivity (Wildman–Crippen MR) is 112 cm³/mol. The number of rotatable bonds is 7. The van der Waals surface area contributed by atoms with Crippen molar-refractivity contribution in [2.45, 2.75) is 32.2 Å². The minimum Gasteiger partial charge on any atom is -0.356 e. The van der Waals surface area contributed by atoms with E-state index >= 15 is 0 Å². The fourth-order valence-electron chi connectivity index (χ4n) is 3.56. The SMILES string of the molecule is O=C(NCCCc1ccc(Cl)cc1)C1CCN(Cc2c(F)cccc2Cl)CC1. The van der Waals surface area contributed by atoms with Crippen molar-refractivity contribution >= 4 is 29.1 Å². The number of likely N-dealkylation sites (tertiary alicyclic amines) is 1. The van der Waals surface area contributed by atoms with Crippen molar-refractivity contribution in [1.29, 1.82) is 0 Å². The molecule has 3 rings (SSSR count). The summed E-state index contributed by atoms with van der Waals surface area (Å²) in [6.07, 6.45) is 3.39. The van der Waals surface area contributed by atoms with Crippen LogP contribution >= 0.6 is 23.2 Å². The largest absolute Gasteiger partial charge is 0.356 e. The molecule has 1 heterocycles. The van der Waals surface area contributed by atoms with Gasteiger partial charge >= 0.3 is 0 Å². The predicted octanol–water partition coefficient (Wildman–Crippen LogP) is 5.09. The van der Waals surface area contributed by atoms with Gasteiger partial charge in [-0.2, -0.15) is 0 Å². The molecular formula is C22H25Cl2FN2O. The highest BCUT2D eigenvalue weighted by atomic mass is 35.5. The molecule has 0 spiro atoms. The molecule has 1 aliphatic heterocycles. The summed E-state index contributed by atoms with van der Waals surface area (Å²) in [5, 5.41) is 4.25. The number of nitrogens with one attached hydrogen (secondary N) is 1. The van der Waals surface area contributed by atoms with Gasteiger partial charge in [0.05, 0.1) is 0 Å². The van der Waals surface area contributed by atoms with E-state index in [1.807, 2.05) is 24.3 Å². The lowest BCUT2D eigenvalue weighted by atomic mass is 9.95. The van der Waals surface area contributed by atoms with E-state index < -0.39 is 0 Å². The Kier molecular flexibility index (Phi) is 7.72. The van der Waals surface area contributed by atoms with Gasteiger partial charge in [0, 0.05) is 34.6 Å². The Morgan fingerprint density at radius 2 is 1.82 bits per heavy atom. The number of halogens is 3. The summed E-state index contributed by atoms with van der Waals surface area (Å²) in [6.45, 7) is 2.70. The zero-order chi connectivity index (χ0) is 19.9. The van der Waals surface area contributed by atoms with Gasteiger partial charge in [-0.1, -0.05) is 41.4 Å². The van der Waals surface area contributed by atoms with Crippen molar-refractivity contribution in [3.05, 3.63) is 69.5 Å². The van der Waals surface area contributed by atoms with Crippen LogP contribution in [0.1, 0.15) is 30.4 Å². The number of amides is 1. The van der Waals surface area contributed by atoms with Crippen LogP contribution in [0.15, 0.2) is 42.5 Å². The highest BCUT2D eigenvalue weighted by Gasteiger charge is 2.25. The third-order valence-corrected chi connectivity index (χ3v) is 5.86. The van der Waals surface area contributed by atoms with Crippen molar-refractivity contribution in [2.24, 2.45) is 5.92 Å². The average Bonchev–Trinajstić information content (AvgIpc) is 2.70. The van der Waals surface area contributed by atoms with Gasteiger partial charge in [-0.25, -0.2) is 4.39 Å². The number of hydrogen-bond donors (Lipinski definition) is 1. The Balaban J connectivity index is 1.37. The van der Waals surface area contributed by atoms with E-state index in [1.165, 1.54) is 11.6 Å². The lowest BCUT2D eigenvalue weighted by molar-refractivity contribution is -0.126. The maximum atomic E-state index is 13.9. The highest BCUT2D eigenvalue weighted by molar-refractivity contribution is 6.31. The molecule has 1 aliphatic rings. The second kappa shape index (κ2) is 10.2. The molecule has 0 aliphatic carbocycles. The summed E-state index contributed by atoms with van der Waals surface area (Å²) in [7, 11) is 0. The van der Waals surface area contributed by atoms with Crippen LogP contribution < -0.4 is 5.32 Å². The van der Waals surface area contributed by atoms with Crippen molar-refractivity contribution in [3.8, 4) is 0 Å². The number of piperidine rings is 1. The van der Waals surface area contributed by atoms with Crippen LogP contribution in [0.2, 0.25) is 10.0 Å². The van der Waals surface area contributed by atoms with Crippen LogP contribution in [-0.4, -0.2) is 30.4 Å². The summed E-state index contributed by atoms with van der Waals surface area (Å²) in [6, 6.07) is 12.6. The summed E-state index contributed by atoms with van der Waals surface area (Å²) in [5.74, 6) is -0.115. The van der Waals surface area contributed by atoms with Crippen molar-refractivity contribution in [3.63, 3.8) is 0 Å². The minimum absolute atomic E-state index is 0.0304. The lowest BCUT2D eigenvalue weighted by Crippen LogP contribution is -2.40. The molecule has 0 bridgehead atoms. The second-order valence-corrected chi connectivity index (χ2v) is 8.12. The van der Waals surface area contributed by atoms with Gasteiger partial charge < -0.3 is 5.32 Å². The molecule has 0 saturated carbocycles. The van der Waals surface area contributed by atoms with Crippen LogP contribution in [-0.2, 0) is 17.8 Å². The van der Waals surface area contributed by atoms with Crippen molar-refractivity contribution in [2.75, 3.05) is 19.6 Å². The van der Waals surface area contributed by atoms with Crippen LogP contribution in [0.5, 0.6) is 0 Å². The number of benzene rings is 2. The normalized spacial score (nSPS) is 15.5. The molecule has 0 radical (unpaired) electrons. The molecule has 0 unspecified atom stereocenters. The molecule has 28 heavy (non-hydrogen) atoms. The Morgan fingerprint density at radius 3 is 2.50 bits per heavy atom. The molecule has 0 atom stereocenters. The van der Waals surface area contributed by atoms with E-state index in [0.717, 1.165) is 43.8 Å². The standard InChI is InChI=1S/C22H25Cl2FN2O/c23-18-8-6-16(7-9-18)3-2-12-26-22(28)17-10-13-27(14-11-17)15-19-20(24)4-1-5-21(19)25/h1,4-9,17H,2-3,10-15H2,(H,26,28). The molecule has 1 saturated heterocycles. The summed E-state index contributed by atoms with van der Waals surface area (Å²) in [5.41, 5.74) is 1.76. The van der Waals surface area contributed by atoms with E-state index in [2.05, 4.69) is 10.2 Å². The molecule has 1 N–H and O–H groups in total. The van der Waals surface area contributed by atoms with E-state index in [0.29, 0.717) is 23.7 Å². The number of aryl methyl sites for hydroxylation is 1. The molecule has 1 amide bonds.